The van der Waals surface area contributed by atoms with E-state index < -0.39 is 0 Å². The Morgan fingerprint density at radius 2 is 1.86 bits per heavy atom. The molecule has 2 rings (SSSR count). The van der Waals surface area contributed by atoms with Crippen LogP contribution in [0.15, 0.2) is 36.4 Å². The van der Waals surface area contributed by atoms with Crippen molar-refractivity contribution in [2.24, 2.45) is 0 Å². The predicted octanol–water partition coefficient (Wildman–Crippen LogP) is 3.80. The van der Waals surface area contributed by atoms with Gasteiger partial charge in [-0.05, 0) is 56.2 Å². The molecule has 1 N–H and O–H groups in total. The summed E-state index contributed by atoms with van der Waals surface area (Å²) in [4.78, 5) is 16.3. The minimum atomic E-state index is -0.298. The molecule has 3 nitrogen and oxygen atoms in total. The topological polar surface area (TPSA) is 42.0 Å². The molecule has 1 aromatic heterocycles. The lowest BCUT2D eigenvalue weighted by molar-refractivity contribution is -0.111. The Balaban J connectivity index is 2.10. The Labute approximate surface area is 123 Å². The van der Waals surface area contributed by atoms with E-state index >= 15 is 0 Å². The summed E-state index contributed by atoms with van der Waals surface area (Å²) in [5.41, 5.74) is 4.18. The fourth-order valence-electron chi connectivity index (χ4n) is 2.12. The number of anilines is 1. The van der Waals surface area contributed by atoms with Crippen molar-refractivity contribution < 1.29 is 9.18 Å². The van der Waals surface area contributed by atoms with Gasteiger partial charge in [0.1, 0.15) is 5.82 Å². The van der Waals surface area contributed by atoms with Gasteiger partial charge in [-0.1, -0.05) is 12.1 Å². The molecule has 0 atom stereocenters. The van der Waals surface area contributed by atoms with E-state index in [9.17, 15) is 9.18 Å². The first kappa shape index (κ1) is 14.9. The van der Waals surface area contributed by atoms with E-state index in [2.05, 4.69) is 10.3 Å². The average Bonchev–Trinajstić information content (AvgIpc) is 2.42. The lowest BCUT2D eigenvalue weighted by atomic mass is 10.1. The van der Waals surface area contributed by atoms with E-state index in [4.69, 9.17) is 0 Å². The number of nitrogens with zero attached hydrogens (tertiary/aromatic N) is 1. The van der Waals surface area contributed by atoms with Crippen molar-refractivity contribution in [2.75, 3.05) is 5.32 Å². The zero-order chi connectivity index (χ0) is 15.4. The standard InChI is InChI=1S/C17H17FN2O/c1-11-10-12(2)19-13(3)17(11)20-16(21)9-6-14-4-7-15(18)8-5-14/h4-10H,1-3H3,(H,20,21)/b9-6+. The first-order valence-corrected chi connectivity index (χ1v) is 6.65. The first-order chi connectivity index (χ1) is 9.95. The number of benzene rings is 1. The van der Waals surface area contributed by atoms with Crippen LogP contribution in [0.1, 0.15) is 22.5 Å². The van der Waals surface area contributed by atoms with Gasteiger partial charge < -0.3 is 5.32 Å². The maximum absolute atomic E-state index is 12.8. The highest BCUT2D eigenvalue weighted by molar-refractivity contribution is 6.02. The van der Waals surface area contributed by atoms with Gasteiger partial charge in [-0.2, -0.15) is 0 Å². The minimum Gasteiger partial charge on any atom is -0.321 e. The summed E-state index contributed by atoms with van der Waals surface area (Å²) in [6, 6.07) is 7.87. The zero-order valence-corrected chi connectivity index (χ0v) is 12.3. The third-order valence-electron chi connectivity index (χ3n) is 3.07. The molecule has 0 bridgehead atoms. The summed E-state index contributed by atoms with van der Waals surface area (Å²) < 4.78 is 12.8. The Morgan fingerprint density at radius 1 is 1.19 bits per heavy atom. The minimum absolute atomic E-state index is 0.240. The van der Waals surface area contributed by atoms with E-state index in [0.717, 1.165) is 28.2 Å². The van der Waals surface area contributed by atoms with Crippen LogP contribution in [0.5, 0.6) is 0 Å². The van der Waals surface area contributed by atoms with Gasteiger partial charge in [0.2, 0.25) is 5.91 Å². The summed E-state index contributed by atoms with van der Waals surface area (Å²) in [6.45, 7) is 5.71. The van der Waals surface area contributed by atoms with Crippen molar-refractivity contribution in [3.05, 3.63) is 64.7 Å². The summed E-state index contributed by atoms with van der Waals surface area (Å²) in [5.74, 6) is -0.537. The van der Waals surface area contributed by atoms with Gasteiger partial charge in [0.15, 0.2) is 0 Å². The molecule has 0 aliphatic rings. The predicted molar refractivity (Wildman–Crippen MR) is 82.5 cm³/mol. The number of rotatable bonds is 3. The van der Waals surface area contributed by atoms with Gasteiger partial charge in [0, 0.05) is 11.8 Å². The van der Waals surface area contributed by atoms with Crippen LogP contribution >= 0.6 is 0 Å². The molecule has 21 heavy (non-hydrogen) atoms. The molecule has 1 aromatic carbocycles. The van der Waals surface area contributed by atoms with Crippen molar-refractivity contribution in [1.29, 1.82) is 0 Å². The van der Waals surface area contributed by atoms with Crippen LogP contribution in [0, 0.1) is 26.6 Å². The Kier molecular flexibility index (Phi) is 4.48. The van der Waals surface area contributed by atoms with E-state index in [1.54, 1.807) is 18.2 Å². The van der Waals surface area contributed by atoms with Crippen molar-refractivity contribution in [1.82, 2.24) is 4.98 Å². The number of pyridine rings is 1. The summed E-state index contributed by atoms with van der Waals surface area (Å²) in [7, 11) is 0. The second-order valence-electron chi connectivity index (χ2n) is 4.92. The SMILES string of the molecule is Cc1cc(C)c(NC(=O)/C=C/c2ccc(F)cc2)c(C)n1. The van der Waals surface area contributed by atoms with Crippen molar-refractivity contribution in [2.45, 2.75) is 20.8 Å². The van der Waals surface area contributed by atoms with Crippen LogP contribution in [-0.4, -0.2) is 10.9 Å². The maximum Gasteiger partial charge on any atom is 0.248 e. The van der Waals surface area contributed by atoms with Gasteiger partial charge in [0.05, 0.1) is 11.4 Å². The van der Waals surface area contributed by atoms with Crippen LogP contribution in [0.2, 0.25) is 0 Å². The van der Waals surface area contributed by atoms with Crippen LogP contribution in [0.25, 0.3) is 6.08 Å². The largest absolute Gasteiger partial charge is 0.321 e. The maximum atomic E-state index is 12.8. The van der Waals surface area contributed by atoms with Crippen LogP contribution in [0.4, 0.5) is 10.1 Å². The fourth-order valence-corrected chi connectivity index (χ4v) is 2.12. The molecular weight excluding hydrogens is 267 g/mol. The Hall–Kier alpha value is -2.49. The second kappa shape index (κ2) is 6.31. The number of hydrogen-bond donors (Lipinski definition) is 1. The molecule has 108 valence electrons. The molecule has 0 fully saturated rings. The van der Waals surface area contributed by atoms with Crippen LogP contribution in [0.3, 0.4) is 0 Å². The lowest BCUT2D eigenvalue weighted by Crippen LogP contribution is -2.11. The van der Waals surface area contributed by atoms with Gasteiger partial charge in [-0.3, -0.25) is 9.78 Å². The summed E-state index contributed by atoms with van der Waals surface area (Å²) in [5, 5.41) is 2.83. The van der Waals surface area contributed by atoms with Crippen LogP contribution in [-0.2, 0) is 4.79 Å². The lowest BCUT2D eigenvalue weighted by Gasteiger charge is -2.10. The molecule has 1 heterocycles. The normalized spacial score (nSPS) is 10.9. The Morgan fingerprint density at radius 3 is 2.48 bits per heavy atom. The van der Waals surface area contributed by atoms with Crippen molar-refractivity contribution in [3.8, 4) is 0 Å². The van der Waals surface area contributed by atoms with Gasteiger partial charge in [-0.25, -0.2) is 4.39 Å². The smallest absolute Gasteiger partial charge is 0.248 e. The molecular formula is C17H17FN2O. The molecule has 1 amide bonds. The highest BCUT2D eigenvalue weighted by Gasteiger charge is 2.07. The molecule has 2 aromatic rings. The number of aryl methyl sites for hydroxylation is 3. The summed E-state index contributed by atoms with van der Waals surface area (Å²) >= 11 is 0. The van der Waals surface area contributed by atoms with Crippen LogP contribution < -0.4 is 5.32 Å². The number of halogens is 1. The third-order valence-corrected chi connectivity index (χ3v) is 3.07. The molecule has 0 aliphatic carbocycles. The summed E-state index contributed by atoms with van der Waals surface area (Å²) in [6.07, 6.45) is 3.06. The third kappa shape index (κ3) is 3.99. The molecule has 4 heteroatoms. The Bertz CT molecular complexity index is 667. The van der Waals surface area contributed by atoms with Gasteiger partial charge >= 0.3 is 0 Å². The van der Waals surface area contributed by atoms with E-state index in [-0.39, 0.29) is 11.7 Å². The van der Waals surface area contributed by atoms with E-state index in [0.29, 0.717) is 0 Å². The first-order valence-electron chi connectivity index (χ1n) is 6.65. The highest BCUT2D eigenvalue weighted by atomic mass is 19.1. The number of hydrogen-bond acceptors (Lipinski definition) is 2. The highest BCUT2D eigenvalue weighted by Crippen LogP contribution is 2.19. The van der Waals surface area contributed by atoms with Crippen molar-refractivity contribution in [3.63, 3.8) is 0 Å². The quantitative estimate of drug-likeness (QED) is 0.871. The fraction of sp³-hybridized carbons (Fsp3) is 0.176. The molecule has 0 saturated carbocycles. The monoisotopic (exact) mass is 284 g/mol. The molecule has 0 spiro atoms. The molecule has 0 saturated heterocycles. The molecule has 0 unspecified atom stereocenters. The number of aromatic nitrogens is 1. The van der Waals surface area contributed by atoms with Crippen molar-refractivity contribution >= 4 is 17.7 Å². The van der Waals surface area contributed by atoms with Gasteiger partial charge in [-0.15, -0.1) is 0 Å². The van der Waals surface area contributed by atoms with E-state index in [1.165, 1.54) is 18.2 Å². The molecule has 0 radical (unpaired) electrons. The second-order valence-corrected chi connectivity index (χ2v) is 4.92. The zero-order valence-electron chi connectivity index (χ0n) is 12.3. The van der Waals surface area contributed by atoms with E-state index in [1.807, 2.05) is 26.8 Å². The molecule has 0 aliphatic heterocycles. The number of carbonyl (C=O) groups is 1. The van der Waals surface area contributed by atoms with Gasteiger partial charge in [0.25, 0.3) is 0 Å². The number of amides is 1. The average molecular weight is 284 g/mol. The number of carbonyl (C=O) groups excluding carboxylic acids is 1. The number of nitrogens with one attached hydrogen (secondary N) is 1.